The Kier molecular flexibility index (Phi) is 6.62. The first kappa shape index (κ1) is 17.8. The number of carbonyl (C=O) groups is 1. The SMILES string of the molecule is COCCNc1cc(C(=O)NCCc2ccc(F)cc2)nc(C)n1. The lowest BCUT2D eigenvalue weighted by atomic mass is 10.1. The number of anilines is 1. The van der Waals surface area contributed by atoms with Crippen molar-refractivity contribution in [3.8, 4) is 0 Å². The van der Waals surface area contributed by atoms with Crippen LogP contribution in [0.5, 0.6) is 0 Å². The van der Waals surface area contributed by atoms with Gasteiger partial charge in [0, 0.05) is 26.3 Å². The van der Waals surface area contributed by atoms with Gasteiger partial charge in [-0.25, -0.2) is 14.4 Å². The van der Waals surface area contributed by atoms with Gasteiger partial charge in [0.2, 0.25) is 0 Å². The van der Waals surface area contributed by atoms with E-state index in [1.165, 1.54) is 12.1 Å². The van der Waals surface area contributed by atoms with E-state index < -0.39 is 0 Å². The van der Waals surface area contributed by atoms with Gasteiger partial charge in [-0.1, -0.05) is 12.1 Å². The molecule has 2 N–H and O–H groups in total. The van der Waals surface area contributed by atoms with E-state index >= 15 is 0 Å². The van der Waals surface area contributed by atoms with Gasteiger partial charge in [-0.2, -0.15) is 0 Å². The summed E-state index contributed by atoms with van der Waals surface area (Å²) in [6.45, 7) is 3.32. The number of aryl methyl sites for hydroxylation is 1. The molecule has 0 saturated heterocycles. The Morgan fingerprint density at radius 3 is 2.67 bits per heavy atom. The lowest BCUT2D eigenvalue weighted by molar-refractivity contribution is 0.0949. The van der Waals surface area contributed by atoms with Crippen molar-refractivity contribution < 1.29 is 13.9 Å². The van der Waals surface area contributed by atoms with Crippen LogP contribution in [0.1, 0.15) is 21.9 Å². The van der Waals surface area contributed by atoms with Gasteiger partial charge in [0.15, 0.2) is 0 Å². The number of hydrogen-bond donors (Lipinski definition) is 2. The van der Waals surface area contributed by atoms with Crippen molar-refractivity contribution in [1.82, 2.24) is 15.3 Å². The minimum absolute atomic E-state index is 0.266. The molecule has 0 spiro atoms. The Hall–Kier alpha value is -2.54. The summed E-state index contributed by atoms with van der Waals surface area (Å²) in [6.07, 6.45) is 0.620. The van der Waals surface area contributed by atoms with Crippen LogP contribution in [0.15, 0.2) is 30.3 Å². The molecule has 1 aromatic carbocycles. The topological polar surface area (TPSA) is 76.1 Å². The number of nitrogens with one attached hydrogen (secondary N) is 2. The van der Waals surface area contributed by atoms with Crippen molar-refractivity contribution in [2.75, 3.05) is 32.1 Å². The quantitative estimate of drug-likeness (QED) is 0.723. The summed E-state index contributed by atoms with van der Waals surface area (Å²) >= 11 is 0. The highest BCUT2D eigenvalue weighted by Gasteiger charge is 2.10. The minimum Gasteiger partial charge on any atom is -0.383 e. The first-order valence-corrected chi connectivity index (χ1v) is 7.69. The number of halogens is 1. The Morgan fingerprint density at radius 1 is 1.21 bits per heavy atom. The number of nitrogens with zero attached hydrogens (tertiary/aromatic N) is 2. The number of carbonyl (C=O) groups excluding carboxylic acids is 1. The van der Waals surface area contributed by atoms with Crippen molar-refractivity contribution in [2.24, 2.45) is 0 Å². The summed E-state index contributed by atoms with van der Waals surface area (Å²) in [6, 6.07) is 7.82. The van der Waals surface area contributed by atoms with E-state index in [-0.39, 0.29) is 11.7 Å². The van der Waals surface area contributed by atoms with Crippen molar-refractivity contribution in [2.45, 2.75) is 13.3 Å². The molecule has 0 bridgehead atoms. The van der Waals surface area contributed by atoms with Crippen LogP contribution in [0.2, 0.25) is 0 Å². The Balaban J connectivity index is 1.90. The summed E-state index contributed by atoms with van der Waals surface area (Å²) < 4.78 is 17.8. The summed E-state index contributed by atoms with van der Waals surface area (Å²) in [5.74, 6) is 0.564. The van der Waals surface area contributed by atoms with E-state index in [0.29, 0.717) is 43.5 Å². The Morgan fingerprint density at radius 2 is 1.96 bits per heavy atom. The number of amides is 1. The van der Waals surface area contributed by atoms with Gasteiger partial charge in [-0.15, -0.1) is 0 Å². The van der Waals surface area contributed by atoms with Crippen LogP contribution in [0.25, 0.3) is 0 Å². The molecule has 128 valence electrons. The average Bonchev–Trinajstić information content (AvgIpc) is 2.56. The van der Waals surface area contributed by atoms with Crippen molar-refractivity contribution >= 4 is 11.7 Å². The largest absolute Gasteiger partial charge is 0.383 e. The van der Waals surface area contributed by atoms with Crippen LogP contribution in [0, 0.1) is 12.7 Å². The van der Waals surface area contributed by atoms with E-state index in [4.69, 9.17) is 4.74 Å². The molecule has 0 radical (unpaired) electrons. The van der Waals surface area contributed by atoms with Crippen LogP contribution < -0.4 is 10.6 Å². The number of methoxy groups -OCH3 is 1. The lowest BCUT2D eigenvalue weighted by Crippen LogP contribution is -2.27. The van der Waals surface area contributed by atoms with E-state index in [1.54, 1.807) is 32.2 Å². The maximum Gasteiger partial charge on any atom is 0.270 e. The minimum atomic E-state index is -0.271. The second-order valence-corrected chi connectivity index (χ2v) is 5.24. The van der Waals surface area contributed by atoms with E-state index in [1.807, 2.05) is 0 Å². The standard InChI is InChI=1S/C17H21FN4O2/c1-12-21-15(11-16(22-12)19-9-10-24-2)17(23)20-8-7-13-3-5-14(18)6-4-13/h3-6,11H,7-10H2,1-2H3,(H,20,23)(H,19,21,22). The predicted octanol–water partition coefficient (Wildman–Crippen LogP) is 1.95. The highest BCUT2D eigenvalue weighted by molar-refractivity contribution is 5.92. The molecule has 0 aliphatic heterocycles. The number of hydrogen-bond acceptors (Lipinski definition) is 5. The number of rotatable bonds is 8. The van der Waals surface area contributed by atoms with Crippen molar-refractivity contribution in [3.63, 3.8) is 0 Å². The monoisotopic (exact) mass is 332 g/mol. The molecule has 7 heteroatoms. The molecular formula is C17H21FN4O2. The first-order chi connectivity index (χ1) is 11.6. The summed E-state index contributed by atoms with van der Waals surface area (Å²) in [4.78, 5) is 20.6. The zero-order valence-electron chi connectivity index (χ0n) is 13.8. The molecule has 0 fully saturated rings. The lowest BCUT2D eigenvalue weighted by Gasteiger charge is -2.09. The van der Waals surface area contributed by atoms with Gasteiger partial charge < -0.3 is 15.4 Å². The Bertz CT molecular complexity index is 677. The molecule has 0 saturated carbocycles. The maximum atomic E-state index is 12.8. The fourth-order valence-corrected chi connectivity index (χ4v) is 2.12. The third kappa shape index (κ3) is 5.58. The molecule has 1 aromatic heterocycles. The summed E-state index contributed by atoms with van der Waals surface area (Å²) in [7, 11) is 1.62. The molecule has 0 unspecified atom stereocenters. The van der Waals surface area contributed by atoms with Crippen LogP contribution in [0.3, 0.4) is 0 Å². The molecule has 1 heterocycles. The summed E-state index contributed by atoms with van der Waals surface area (Å²) in [5.41, 5.74) is 1.26. The fraction of sp³-hybridized carbons (Fsp3) is 0.353. The highest BCUT2D eigenvalue weighted by atomic mass is 19.1. The van der Waals surface area contributed by atoms with Gasteiger partial charge >= 0.3 is 0 Å². The van der Waals surface area contributed by atoms with Gasteiger partial charge in [-0.05, 0) is 31.0 Å². The molecule has 0 aliphatic rings. The van der Waals surface area contributed by atoms with Crippen molar-refractivity contribution in [3.05, 3.63) is 53.2 Å². The molecule has 6 nitrogen and oxygen atoms in total. The second kappa shape index (κ2) is 8.93. The molecule has 2 rings (SSSR count). The fourth-order valence-electron chi connectivity index (χ4n) is 2.12. The smallest absolute Gasteiger partial charge is 0.270 e. The number of ether oxygens (including phenoxy) is 1. The van der Waals surface area contributed by atoms with Crippen LogP contribution in [-0.4, -0.2) is 42.7 Å². The van der Waals surface area contributed by atoms with Gasteiger partial charge in [0.05, 0.1) is 6.61 Å². The third-order valence-electron chi connectivity index (χ3n) is 3.30. The molecule has 24 heavy (non-hydrogen) atoms. The number of benzene rings is 1. The van der Waals surface area contributed by atoms with Crippen LogP contribution >= 0.6 is 0 Å². The third-order valence-corrected chi connectivity index (χ3v) is 3.30. The van der Waals surface area contributed by atoms with Gasteiger partial charge in [0.25, 0.3) is 5.91 Å². The molecule has 0 aliphatic carbocycles. The second-order valence-electron chi connectivity index (χ2n) is 5.24. The maximum absolute atomic E-state index is 12.8. The van der Waals surface area contributed by atoms with E-state index in [9.17, 15) is 9.18 Å². The van der Waals surface area contributed by atoms with Crippen LogP contribution in [0.4, 0.5) is 10.2 Å². The zero-order valence-corrected chi connectivity index (χ0v) is 13.8. The first-order valence-electron chi connectivity index (χ1n) is 7.69. The normalized spacial score (nSPS) is 10.5. The van der Waals surface area contributed by atoms with E-state index in [0.717, 1.165) is 5.56 Å². The van der Waals surface area contributed by atoms with E-state index in [2.05, 4.69) is 20.6 Å². The van der Waals surface area contributed by atoms with Gasteiger partial charge in [-0.3, -0.25) is 4.79 Å². The predicted molar refractivity (Wildman–Crippen MR) is 89.6 cm³/mol. The Labute approximate surface area is 140 Å². The average molecular weight is 332 g/mol. The molecule has 2 aromatic rings. The van der Waals surface area contributed by atoms with Crippen molar-refractivity contribution in [1.29, 1.82) is 0 Å². The number of aromatic nitrogens is 2. The molecule has 0 atom stereocenters. The molecule has 1 amide bonds. The highest BCUT2D eigenvalue weighted by Crippen LogP contribution is 2.07. The van der Waals surface area contributed by atoms with Crippen LogP contribution in [-0.2, 0) is 11.2 Å². The van der Waals surface area contributed by atoms with Gasteiger partial charge in [0.1, 0.15) is 23.2 Å². The summed E-state index contributed by atoms with van der Waals surface area (Å²) in [5, 5.41) is 5.89. The molecular weight excluding hydrogens is 311 g/mol. The zero-order chi connectivity index (χ0) is 17.4.